The zero-order chi connectivity index (χ0) is 7.56. The Balaban J connectivity index is 3.07. The van der Waals surface area contributed by atoms with Crippen molar-refractivity contribution in [3.05, 3.63) is 29.3 Å². The van der Waals surface area contributed by atoms with Gasteiger partial charge >= 0.3 is 0 Å². The molecule has 1 N–H and O–H groups in total. The molecule has 0 spiro atoms. The van der Waals surface area contributed by atoms with Crippen LogP contribution in [0.3, 0.4) is 0 Å². The van der Waals surface area contributed by atoms with E-state index in [0.29, 0.717) is 5.75 Å². The van der Waals surface area contributed by atoms with Crippen LogP contribution in [0.2, 0.25) is 0 Å². The smallest absolute Gasteiger partial charge is 0.119 e. The number of phenolic OH excluding ortho intramolecular Hbond substituents is 1. The molecule has 1 nitrogen and oxygen atoms in total. The molecule has 0 aliphatic carbocycles. The average molecular weight is 136 g/mol. The molecule has 0 fully saturated rings. The van der Waals surface area contributed by atoms with E-state index in [2.05, 4.69) is 0 Å². The largest absolute Gasteiger partial charge is 0.508 e. The molecule has 0 aliphatic heterocycles. The molecule has 54 valence electrons. The number of rotatable bonds is 1. The first kappa shape index (κ1) is 7.13. The van der Waals surface area contributed by atoms with Gasteiger partial charge in [-0.1, -0.05) is 19.1 Å². The second-order valence-corrected chi connectivity index (χ2v) is 2.49. The highest BCUT2D eigenvalue weighted by atomic mass is 16.3. The lowest BCUT2D eigenvalue weighted by atomic mass is 10.1. The summed E-state index contributed by atoms with van der Waals surface area (Å²) in [5, 5.41) is 9.29. The molecule has 0 amide bonds. The lowest BCUT2D eigenvalue weighted by Crippen LogP contribution is -1.81. The molecule has 0 atom stereocenters. The Morgan fingerprint density at radius 1 is 1.40 bits per heavy atom. The Kier molecular flexibility index (Phi) is 1.95. The first-order valence-electron chi connectivity index (χ1n) is 3.52. The van der Waals surface area contributed by atoms with Gasteiger partial charge in [-0.05, 0) is 30.5 Å². The number of phenols is 1. The van der Waals surface area contributed by atoms with E-state index in [4.69, 9.17) is 0 Å². The molecule has 0 saturated carbocycles. The zero-order valence-corrected chi connectivity index (χ0v) is 6.39. The third-order valence-electron chi connectivity index (χ3n) is 1.62. The van der Waals surface area contributed by atoms with Crippen LogP contribution in [0.15, 0.2) is 18.2 Å². The van der Waals surface area contributed by atoms with E-state index < -0.39 is 0 Å². The Morgan fingerprint density at radius 3 is 2.60 bits per heavy atom. The maximum atomic E-state index is 9.29. The van der Waals surface area contributed by atoms with Gasteiger partial charge in [-0.3, -0.25) is 0 Å². The Bertz CT molecular complexity index is 228. The number of hydrogen-bond donors (Lipinski definition) is 1. The molecule has 0 bridgehead atoms. The number of hydrogen-bond acceptors (Lipinski definition) is 1. The summed E-state index contributed by atoms with van der Waals surface area (Å²) in [6, 6.07) is 5.77. The summed E-state index contributed by atoms with van der Waals surface area (Å²) < 4.78 is 0. The van der Waals surface area contributed by atoms with Gasteiger partial charge in [0.25, 0.3) is 0 Å². The van der Waals surface area contributed by atoms with Gasteiger partial charge in [0.15, 0.2) is 0 Å². The van der Waals surface area contributed by atoms with E-state index in [-0.39, 0.29) is 0 Å². The molecule has 1 aromatic carbocycles. The third-order valence-corrected chi connectivity index (χ3v) is 1.62. The monoisotopic (exact) mass is 136 g/mol. The molecule has 1 aromatic rings. The van der Waals surface area contributed by atoms with Crippen molar-refractivity contribution in [3.8, 4) is 5.75 Å². The molecule has 0 saturated heterocycles. The van der Waals surface area contributed by atoms with Crippen molar-refractivity contribution < 1.29 is 5.11 Å². The number of aromatic hydroxyl groups is 1. The molecule has 0 heterocycles. The molecule has 0 unspecified atom stereocenters. The number of benzene rings is 1. The predicted octanol–water partition coefficient (Wildman–Crippen LogP) is 2.26. The summed E-state index contributed by atoms with van der Waals surface area (Å²) in [6.07, 6.45) is 0.895. The van der Waals surface area contributed by atoms with Crippen LogP contribution >= 0.6 is 0 Å². The molecule has 1 heteroatoms. The topological polar surface area (TPSA) is 20.2 Å². The van der Waals surface area contributed by atoms with Gasteiger partial charge in [0.1, 0.15) is 5.75 Å². The zero-order valence-electron chi connectivity index (χ0n) is 6.39. The molecular formula is C9H12O. The Labute approximate surface area is 61.3 Å². The van der Waals surface area contributed by atoms with Crippen LogP contribution in [-0.4, -0.2) is 5.11 Å². The third kappa shape index (κ3) is 1.29. The molecule has 0 aromatic heterocycles. The van der Waals surface area contributed by atoms with Gasteiger partial charge in [0.2, 0.25) is 0 Å². The molecule has 0 radical (unpaired) electrons. The van der Waals surface area contributed by atoms with E-state index in [1.807, 2.05) is 26.0 Å². The van der Waals surface area contributed by atoms with Crippen LogP contribution in [0.4, 0.5) is 0 Å². The lowest BCUT2D eigenvalue weighted by molar-refractivity contribution is 0.468. The first-order valence-corrected chi connectivity index (χ1v) is 3.52. The van der Waals surface area contributed by atoms with Crippen molar-refractivity contribution in [3.63, 3.8) is 0 Å². The number of aryl methyl sites for hydroxylation is 2. The van der Waals surface area contributed by atoms with Gasteiger partial charge in [-0.25, -0.2) is 0 Å². The maximum Gasteiger partial charge on any atom is 0.119 e. The van der Waals surface area contributed by atoms with Gasteiger partial charge in [-0.15, -0.1) is 0 Å². The van der Waals surface area contributed by atoms with Gasteiger partial charge in [0, 0.05) is 0 Å². The second-order valence-electron chi connectivity index (χ2n) is 2.49. The van der Waals surface area contributed by atoms with Crippen LogP contribution in [0, 0.1) is 6.92 Å². The lowest BCUT2D eigenvalue weighted by Gasteiger charge is -2.00. The van der Waals surface area contributed by atoms with E-state index in [9.17, 15) is 5.11 Å². The molecule has 10 heavy (non-hydrogen) atoms. The summed E-state index contributed by atoms with van der Waals surface area (Å²) in [4.78, 5) is 0. The quantitative estimate of drug-likeness (QED) is 0.627. The van der Waals surface area contributed by atoms with Crippen LogP contribution in [0.25, 0.3) is 0 Å². The fourth-order valence-corrected chi connectivity index (χ4v) is 0.973. The van der Waals surface area contributed by atoms with E-state index in [1.165, 1.54) is 0 Å². The van der Waals surface area contributed by atoms with E-state index >= 15 is 0 Å². The summed E-state index contributed by atoms with van der Waals surface area (Å²) in [6.45, 7) is 4.00. The van der Waals surface area contributed by atoms with Crippen molar-refractivity contribution in [1.29, 1.82) is 0 Å². The van der Waals surface area contributed by atoms with Gasteiger partial charge in [-0.2, -0.15) is 0 Å². The summed E-state index contributed by atoms with van der Waals surface area (Å²) >= 11 is 0. The standard InChI is InChI=1S/C9H12O/c1-3-8-5-4-7(2)6-9(8)10/h4-6,10H,3H2,1-2H3. The van der Waals surface area contributed by atoms with Crippen molar-refractivity contribution in [2.24, 2.45) is 0 Å². The fraction of sp³-hybridized carbons (Fsp3) is 0.333. The average Bonchev–Trinajstić information content (AvgIpc) is 1.88. The first-order chi connectivity index (χ1) is 4.74. The predicted molar refractivity (Wildman–Crippen MR) is 42.2 cm³/mol. The highest BCUT2D eigenvalue weighted by molar-refractivity contribution is 5.35. The molecular weight excluding hydrogens is 124 g/mol. The van der Waals surface area contributed by atoms with Crippen molar-refractivity contribution in [2.75, 3.05) is 0 Å². The highest BCUT2D eigenvalue weighted by Crippen LogP contribution is 2.18. The minimum absolute atomic E-state index is 0.419. The Hall–Kier alpha value is -0.980. The summed E-state index contributed by atoms with van der Waals surface area (Å²) in [5.41, 5.74) is 2.13. The summed E-state index contributed by atoms with van der Waals surface area (Å²) in [5.74, 6) is 0.419. The van der Waals surface area contributed by atoms with E-state index in [0.717, 1.165) is 17.5 Å². The van der Waals surface area contributed by atoms with Crippen molar-refractivity contribution in [2.45, 2.75) is 20.3 Å². The minimum atomic E-state index is 0.419. The van der Waals surface area contributed by atoms with Crippen LogP contribution in [0.1, 0.15) is 18.1 Å². The van der Waals surface area contributed by atoms with Crippen molar-refractivity contribution in [1.82, 2.24) is 0 Å². The minimum Gasteiger partial charge on any atom is -0.508 e. The maximum absolute atomic E-state index is 9.29. The van der Waals surface area contributed by atoms with E-state index in [1.54, 1.807) is 6.07 Å². The SMILES string of the molecule is CCc1ccc(C)cc1O. The fourth-order valence-electron chi connectivity index (χ4n) is 0.973. The van der Waals surface area contributed by atoms with Crippen LogP contribution < -0.4 is 0 Å². The summed E-state index contributed by atoms with van der Waals surface area (Å²) in [7, 11) is 0. The highest BCUT2D eigenvalue weighted by Gasteiger charge is 1.96. The van der Waals surface area contributed by atoms with Crippen LogP contribution in [-0.2, 0) is 6.42 Å². The molecule has 1 rings (SSSR count). The second kappa shape index (κ2) is 2.74. The Morgan fingerprint density at radius 2 is 2.10 bits per heavy atom. The van der Waals surface area contributed by atoms with Crippen molar-refractivity contribution >= 4 is 0 Å². The van der Waals surface area contributed by atoms with Gasteiger partial charge < -0.3 is 5.11 Å². The van der Waals surface area contributed by atoms with Gasteiger partial charge in [0.05, 0.1) is 0 Å². The normalized spacial score (nSPS) is 9.80. The van der Waals surface area contributed by atoms with Crippen LogP contribution in [0.5, 0.6) is 5.75 Å². The molecule has 0 aliphatic rings.